The molecule has 0 aliphatic heterocycles. The topological polar surface area (TPSA) is 22.0 Å². The van der Waals surface area contributed by atoms with Gasteiger partial charge in [0, 0.05) is 22.6 Å². The third-order valence-electron chi connectivity index (χ3n) is 3.45. The molecule has 0 amide bonds. The van der Waals surface area contributed by atoms with E-state index in [0.29, 0.717) is 5.56 Å². The first-order valence-electron chi connectivity index (χ1n) is 6.31. The minimum absolute atomic E-state index is 0.0224. The highest BCUT2D eigenvalue weighted by Gasteiger charge is 2.16. The molecule has 100 valence electrons. The van der Waals surface area contributed by atoms with Crippen molar-refractivity contribution in [3.05, 3.63) is 52.3 Å². The number of nitrogens with zero attached hydrogens (tertiary/aromatic N) is 1. The average Bonchev–Trinajstić information content (AvgIpc) is 2.65. The largest absolute Gasteiger partial charge is 0.317 e. The van der Waals surface area contributed by atoms with Crippen molar-refractivity contribution < 1.29 is 4.79 Å². The van der Waals surface area contributed by atoms with Crippen LogP contribution < -0.4 is 0 Å². The van der Waals surface area contributed by atoms with Gasteiger partial charge < -0.3 is 4.57 Å². The van der Waals surface area contributed by atoms with Crippen LogP contribution in [0.3, 0.4) is 0 Å². The monoisotopic (exact) mass is 275 g/mol. The van der Waals surface area contributed by atoms with Crippen LogP contribution in [0.1, 0.15) is 32.9 Å². The Morgan fingerprint density at radius 3 is 2.42 bits per heavy atom. The molecule has 0 fully saturated rings. The minimum atomic E-state index is -0.0224. The first-order valence-corrected chi connectivity index (χ1v) is 6.85. The van der Waals surface area contributed by atoms with E-state index in [1.54, 1.807) is 0 Å². The fraction of sp³-hybridized carbons (Fsp3) is 0.312. The molecule has 0 aliphatic carbocycles. The summed E-state index contributed by atoms with van der Waals surface area (Å²) in [6.45, 7) is 8.14. The molecule has 2 aromatic rings. The smallest absolute Gasteiger partial charge is 0.179 e. The minimum Gasteiger partial charge on any atom is -0.317 e. The molecule has 0 atom stereocenters. The summed E-state index contributed by atoms with van der Waals surface area (Å²) in [4.78, 5) is 11.8. The van der Waals surface area contributed by atoms with Crippen molar-refractivity contribution in [1.82, 2.24) is 4.57 Å². The highest BCUT2D eigenvalue weighted by atomic mass is 35.5. The SMILES string of the molecule is Cc1ccc(-n2c(C)cc(C(=O)CCl)c2C)c(C)c1. The van der Waals surface area contributed by atoms with E-state index in [0.717, 1.165) is 17.1 Å². The number of aromatic nitrogens is 1. The van der Waals surface area contributed by atoms with Crippen LogP contribution >= 0.6 is 11.6 Å². The second kappa shape index (κ2) is 5.22. The van der Waals surface area contributed by atoms with Crippen LogP contribution in [0.25, 0.3) is 5.69 Å². The Kier molecular flexibility index (Phi) is 3.81. The van der Waals surface area contributed by atoms with Crippen LogP contribution in [0.5, 0.6) is 0 Å². The third kappa shape index (κ3) is 2.45. The van der Waals surface area contributed by atoms with Crippen LogP contribution in [0.15, 0.2) is 24.3 Å². The molecule has 2 rings (SSSR count). The van der Waals surface area contributed by atoms with E-state index in [1.165, 1.54) is 11.1 Å². The Labute approximate surface area is 119 Å². The van der Waals surface area contributed by atoms with E-state index in [2.05, 4.69) is 36.6 Å². The molecule has 1 aromatic carbocycles. The second-order valence-corrected chi connectivity index (χ2v) is 5.23. The molecule has 1 heterocycles. The van der Waals surface area contributed by atoms with Gasteiger partial charge >= 0.3 is 0 Å². The summed E-state index contributed by atoms with van der Waals surface area (Å²) in [5, 5.41) is 0. The molecule has 0 N–H and O–H groups in total. The number of halogens is 1. The summed E-state index contributed by atoms with van der Waals surface area (Å²) in [7, 11) is 0. The number of hydrogen-bond acceptors (Lipinski definition) is 1. The summed E-state index contributed by atoms with van der Waals surface area (Å²) < 4.78 is 2.12. The van der Waals surface area contributed by atoms with Gasteiger partial charge in [0.2, 0.25) is 0 Å². The van der Waals surface area contributed by atoms with Gasteiger partial charge in [-0.15, -0.1) is 11.6 Å². The number of carbonyl (C=O) groups excluding carboxylic acids is 1. The zero-order valence-corrected chi connectivity index (χ0v) is 12.5. The highest BCUT2D eigenvalue weighted by Crippen LogP contribution is 2.24. The van der Waals surface area contributed by atoms with Crippen molar-refractivity contribution in [2.45, 2.75) is 27.7 Å². The maximum Gasteiger partial charge on any atom is 0.179 e. The molecule has 0 radical (unpaired) electrons. The molecular weight excluding hydrogens is 258 g/mol. The first kappa shape index (κ1) is 13.9. The predicted octanol–water partition coefficient (Wildman–Crippen LogP) is 4.13. The number of Topliss-reactive ketones (excluding diaryl/α,β-unsaturated/α-hetero) is 1. The zero-order valence-electron chi connectivity index (χ0n) is 11.7. The average molecular weight is 276 g/mol. The van der Waals surface area contributed by atoms with E-state index in [-0.39, 0.29) is 11.7 Å². The van der Waals surface area contributed by atoms with E-state index in [1.807, 2.05) is 19.9 Å². The van der Waals surface area contributed by atoms with Crippen molar-refractivity contribution in [3.63, 3.8) is 0 Å². The van der Waals surface area contributed by atoms with E-state index >= 15 is 0 Å². The summed E-state index contributed by atoms with van der Waals surface area (Å²) >= 11 is 5.66. The van der Waals surface area contributed by atoms with Gasteiger partial charge in [-0.2, -0.15) is 0 Å². The quantitative estimate of drug-likeness (QED) is 0.610. The fourth-order valence-electron chi connectivity index (χ4n) is 2.54. The lowest BCUT2D eigenvalue weighted by molar-refractivity contribution is 0.102. The van der Waals surface area contributed by atoms with Gasteiger partial charge in [0.1, 0.15) is 0 Å². The van der Waals surface area contributed by atoms with Crippen molar-refractivity contribution in [2.24, 2.45) is 0 Å². The summed E-state index contributed by atoms with van der Waals surface area (Å²) in [5.74, 6) is 0.00255. The Bertz CT molecular complexity index is 640. The molecule has 3 heteroatoms. The number of aryl methyl sites for hydroxylation is 3. The van der Waals surface area contributed by atoms with E-state index in [9.17, 15) is 4.79 Å². The Morgan fingerprint density at radius 1 is 1.16 bits per heavy atom. The maximum absolute atomic E-state index is 11.8. The number of alkyl halides is 1. The molecule has 0 saturated heterocycles. The first-order chi connectivity index (χ1) is 8.95. The third-order valence-corrected chi connectivity index (χ3v) is 3.69. The Balaban J connectivity index is 2.63. The fourth-order valence-corrected chi connectivity index (χ4v) is 2.69. The number of ketones is 1. The van der Waals surface area contributed by atoms with Gasteiger partial charge in [-0.25, -0.2) is 0 Å². The van der Waals surface area contributed by atoms with Crippen molar-refractivity contribution in [3.8, 4) is 5.69 Å². The van der Waals surface area contributed by atoms with Crippen molar-refractivity contribution in [1.29, 1.82) is 0 Å². The van der Waals surface area contributed by atoms with Crippen molar-refractivity contribution in [2.75, 3.05) is 5.88 Å². The van der Waals surface area contributed by atoms with Gasteiger partial charge in [-0.3, -0.25) is 4.79 Å². The summed E-state index contributed by atoms with van der Waals surface area (Å²) in [5.41, 5.74) is 6.28. The molecule has 1 aromatic heterocycles. The normalized spacial score (nSPS) is 10.8. The molecule has 0 spiro atoms. The molecule has 2 nitrogen and oxygen atoms in total. The molecule has 19 heavy (non-hydrogen) atoms. The second-order valence-electron chi connectivity index (χ2n) is 4.97. The number of benzene rings is 1. The highest BCUT2D eigenvalue weighted by molar-refractivity contribution is 6.30. The van der Waals surface area contributed by atoms with Gasteiger partial charge in [-0.1, -0.05) is 17.7 Å². The van der Waals surface area contributed by atoms with Crippen LogP contribution in [0.2, 0.25) is 0 Å². The number of rotatable bonds is 3. The number of hydrogen-bond donors (Lipinski definition) is 0. The van der Waals surface area contributed by atoms with Crippen LogP contribution in [0, 0.1) is 27.7 Å². The van der Waals surface area contributed by atoms with E-state index in [4.69, 9.17) is 11.6 Å². The Morgan fingerprint density at radius 2 is 1.84 bits per heavy atom. The Hall–Kier alpha value is -1.54. The molecule has 0 aliphatic rings. The predicted molar refractivity (Wildman–Crippen MR) is 79.8 cm³/mol. The molecule has 0 bridgehead atoms. The summed E-state index contributed by atoms with van der Waals surface area (Å²) in [6, 6.07) is 8.25. The van der Waals surface area contributed by atoms with E-state index < -0.39 is 0 Å². The summed E-state index contributed by atoms with van der Waals surface area (Å²) in [6.07, 6.45) is 0. The number of carbonyl (C=O) groups is 1. The lowest BCUT2D eigenvalue weighted by Gasteiger charge is -2.13. The standard InChI is InChI=1S/C16H18ClNO/c1-10-5-6-15(11(2)7-10)18-12(3)8-14(13(18)4)16(19)9-17/h5-8H,9H2,1-4H3. The van der Waals surface area contributed by atoms with Crippen LogP contribution in [0.4, 0.5) is 0 Å². The zero-order chi connectivity index (χ0) is 14.2. The van der Waals surface area contributed by atoms with Gasteiger partial charge in [0.15, 0.2) is 5.78 Å². The lowest BCUT2D eigenvalue weighted by Crippen LogP contribution is -2.05. The van der Waals surface area contributed by atoms with Gasteiger partial charge in [0.05, 0.1) is 5.88 Å². The van der Waals surface area contributed by atoms with Gasteiger partial charge in [0.25, 0.3) is 0 Å². The van der Waals surface area contributed by atoms with Crippen molar-refractivity contribution >= 4 is 17.4 Å². The molecule has 0 unspecified atom stereocenters. The molecular formula is C16H18ClNO. The lowest BCUT2D eigenvalue weighted by atomic mass is 10.1. The van der Waals surface area contributed by atoms with Gasteiger partial charge in [-0.05, 0) is 45.4 Å². The van der Waals surface area contributed by atoms with Crippen LogP contribution in [-0.2, 0) is 0 Å². The molecule has 0 saturated carbocycles. The van der Waals surface area contributed by atoms with Crippen LogP contribution in [-0.4, -0.2) is 16.2 Å². The maximum atomic E-state index is 11.8.